The van der Waals surface area contributed by atoms with E-state index >= 15 is 0 Å². The average Bonchev–Trinajstić information content (AvgIpc) is 2.93. The molecule has 3 N–H and O–H groups in total. The SMILES string of the molecule is Cc1ccc(C)c(-n2nc(C(C)(C)C)c3c(N)[nH]nc32)c1. The molecule has 0 saturated heterocycles. The number of nitrogens with zero attached hydrogens (tertiary/aromatic N) is 3. The monoisotopic (exact) mass is 283 g/mol. The first-order valence-corrected chi connectivity index (χ1v) is 7.09. The number of aromatic amines is 1. The molecule has 2 aromatic heterocycles. The van der Waals surface area contributed by atoms with E-state index in [1.807, 2.05) is 4.68 Å². The fourth-order valence-corrected chi connectivity index (χ4v) is 2.57. The van der Waals surface area contributed by atoms with Gasteiger partial charge in [0.25, 0.3) is 0 Å². The minimum Gasteiger partial charge on any atom is -0.383 e. The van der Waals surface area contributed by atoms with E-state index in [1.54, 1.807) is 0 Å². The Labute approximate surface area is 124 Å². The summed E-state index contributed by atoms with van der Waals surface area (Å²) in [6, 6.07) is 6.33. The van der Waals surface area contributed by atoms with Crippen LogP contribution in [0.15, 0.2) is 18.2 Å². The predicted octanol–water partition coefficient (Wildman–Crippen LogP) is 3.25. The van der Waals surface area contributed by atoms with Crippen molar-refractivity contribution in [3.8, 4) is 5.69 Å². The Bertz CT molecular complexity index is 817. The molecule has 21 heavy (non-hydrogen) atoms. The van der Waals surface area contributed by atoms with Crippen LogP contribution in [0.25, 0.3) is 16.7 Å². The smallest absolute Gasteiger partial charge is 0.186 e. The van der Waals surface area contributed by atoms with Crippen molar-refractivity contribution in [1.82, 2.24) is 20.0 Å². The summed E-state index contributed by atoms with van der Waals surface area (Å²) in [5.74, 6) is 0.575. The molecule has 0 bridgehead atoms. The Morgan fingerprint density at radius 3 is 2.57 bits per heavy atom. The first kappa shape index (κ1) is 13.7. The van der Waals surface area contributed by atoms with Crippen LogP contribution in [0.2, 0.25) is 0 Å². The number of anilines is 1. The highest BCUT2D eigenvalue weighted by molar-refractivity contribution is 5.90. The first-order valence-electron chi connectivity index (χ1n) is 7.09. The number of hydrogen-bond acceptors (Lipinski definition) is 3. The lowest BCUT2D eigenvalue weighted by Crippen LogP contribution is -2.14. The number of aromatic nitrogens is 4. The number of benzene rings is 1. The summed E-state index contributed by atoms with van der Waals surface area (Å²) in [6.45, 7) is 10.6. The largest absolute Gasteiger partial charge is 0.383 e. The zero-order valence-corrected chi connectivity index (χ0v) is 13.2. The summed E-state index contributed by atoms with van der Waals surface area (Å²) in [5.41, 5.74) is 11.1. The molecule has 0 aliphatic heterocycles. The van der Waals surface area contributed by atoms with E-state index in [0.717, 1.165) is 28.0 Å². The number of nitrogens with two attached hydrogens (primary N) is 1. The van der Waals surface area contributed by atoms with E-state index in [9.17, 15) is 0 Å². The van der Waals surface area contributed by atoms with Crippen molar-refractivity contribution in [2.75, 3.05) is 5.73 Å². The van der Waals surface area contributed by atoms with E-state index in [2.05, 4.69) is 63.0 Å². The summed E-state index contributed by atoms with van der Waals surface area (Å²) >= 11 is 0. The maximum atomic E-state index is 6.06. The van der Waals surface area contributed by atoms with Crippen LogP contribution in [-0.4, -0.2) is 20.0 Å². The standard InChI is InChI=1S/C16H21N5/c1-9-6-7-10(2)11(8-9)21-15-12(14(17)18-19-15)13(20-21)16(3,4)5/h6-8H,1-5H3,(H3,17,18,19). The van der Waals surface area contributed by atoms with Crippen LogP contribution in [0, 0.1) is 13.8 Å². The van der Waals surface area contributed by atoms with Crippen molar-refractivity contribution in [3.05, 3.63) is 35.0 Å². The van der Waals surface area contributed by atoms with Gasteiger partial charge < -0.3 is 5.73 Å². The van der Waals surface area contributed by atoms with Crippen molar-refractivity contribution >= 4 is 16.9 Å². The molecule has 0 aliphatic carbocycles. The van der Waals surface area contributed by atoms with Gasteiger partial charge >= 0.3 is 0 Å². The van der Waals surface area contributed by atoms with Gasteiger partial charge in [-0.05, 0) is 31.0 Å². The fraction of sp³-hybridized carbons (Fsp3) is 0.375. The molecular formula is C16H21N5. The molecule has 0 spiro atoms. The molecule has 3 rings (SSSR count). The lowest BCUT2D eigenvalue weighted by Gasteiger charge is -2.15. The molecule has 5 nitrogen and oxygen atoms in total. The van der Waals surface area contributed by atoms with Crippen molar-refractivity contribution in [1.29, 1.82) is 0 Å². The molecule has 0 aliphatic rings. The summed E-state index contributed by atoms with van der Waals surface area (Å²) in [6.07, 6.45) is 0. The maximum absolute atomic E-state index is 6.06. The number of nitrogens with one attached hydrogen (secondary N) is 1. The molecule has 2 heterocycles. The van der Waals surface area contributed by atoms with Crippen molar-refractivity contribution < 1.29 is 0 Å². The summed E-state index contributed by atoms with van der Waals surface area (Å²) in [5, 5.41) is 13.0. The second-order valence-corrected chi connectivity index (χ2v) is 6.64. The number of aryl methyl sites for hydroxylation is 2. The molecule has 110 valence electrons. The second kappa shape index (κ2) is 4.35. The molecule has 0 saturated carbocycles. The zero-order chi connectivity index (χ0) is 15.4. The molecule has 0 amide bonds. The van der Waals surface area contributed by atoms with E-state index in [1.165, 1.54) is 5.56 Å². The minimum absolute atomic E-state index is 0.0980. The van der Waals surface area contributed by atoms with Crippen LogP contribution in [0.3, 0.4) is 0 Å². The van der Waals surface area contributed by atoms with E-state index < -0.39 is 0 Å². The molecule has 5 heteroatoms. The molecule has 0 radical (unpaired) electrons. The van der Waals surface area contributed by atoms with Gasteiger partial charge in [-0.25, -0.2) is 4.68 Å². The summed E-state index contributed by atoms with van der Waals surface area (Å²) in [7, 11) is 0. The Balaban J connectivity index is 2.37. The molecule has 0 fully saturated rings. The highest BCUT2D eigenvalue weighted by Crippen LogP contribution is 2.33. The first-order chi connectivity index (χ1) is 9.79. The molecule has 0 atom stereocenters. The lowest BCUT2D eigenvalue weighted by atomic mass is 9.91. The van der Waals surface area contributed by atoms with Crippen LogP contribution in [0.5, 0.6) is 0 Å². The quantitative estimate of drug-likeness (QED) is 0.720. The second-order valence-electron chi connectivity index (χ2n) is 6.64. The summed E-state index contributed by atoms with van der Waals surface area (Å²) < 4.78 is 1.89. The summed E-state index contributed by atoms with van der Waals surface area (Å²) in [4.78, 5) is 0. The van der Waals surface area contributed by atoms with Crippen molar-refractivity contribution in [2.24, 2.45) is 0 Å². The Morgan fingerprint density at radius 2 is 1.90 bits per heavy atom. The van der Waals surface area contributed by atoms with Crippen LogP contribution >= 0.6 is 0 Å². The highest BCUT2D eigenvalue weighted by Gasteiger charge is 2.26. The van der Waals surface area contributed by atoms with Crippen LogP contribution in [0.1, 0.15) is 37.6 Å². The van der Waals surface area contributed by atoms with Crippen LogP contribution < -0.4 is 5.73 Å². The fourth-order valence-electron chi connectivity index (χ4n) is 2.57. The van der Waals surface area contributed by atoms with Crippen molar-refractivity contribution in [2.45, 2.75) is 40.0 Å². The van der Waals surface area contributed by atoms with Gasteiger partial charge in [0, 0.05) is 5.41 Å². The van der Waals surface area contributed by atoms with E-state index in [4.69, 9.17) is 10.8 Å². The number of nitrogen functional groups attached to an aromatic ring is 1. The van der Waals surface area contributed by atoms with Crippen LogP contribution in [0.4, 0.5) is 5.82 Å². The van der Waals surface area contributed by atoms with Gasteiger partial charge in [0.05, 0.1) is 16.8 Å². The van der Waals surface area contributed by atoms with Crippen molar-refractivity contribution in [3.63, 3.8) is 0 Å². The maximum Gasteiger partial charge on any atom is 0.186 e. The third kappa shape index (κ3) is 2.09. The molecular weight excluding hydrogens is 262 g/mol. The predicted molar refractivity (Wildman–Crippen MR) is 85.8 cm³/mol. The third-order valence-electron chi connectivity index (χ3n) is 3.72. The topological polar surface area (TPSA) is 72.5 Å². The van der Waals surface area contributed by atoms with Gasteiger partial charge in [-0.3, -0.25) is 5.10 Å². The minimum atomic E-state index is -0.0980. The number of hydrogen-bond donors (Lipinski definition) is 2. The van der Waals surface area contributed by atoms with E-state index in [0.29, 0.717) is 5.82 Å². The lowest BCUT2D eigenvalue weighted by molar-refractivity contribution is 0.564. The zero-order valence-electron chi connectivity index (χ0n) is 13.2. The molecule has 3 aromatic rings. The average molecular weight is 283 g/mol. The number of fused-ring (bicyclic) bond motifs is 1. The van der Waals surface area contributed by atoms with Gasteiger partial charge in [-0.2, -0.15) is 10.2 Å². The number of H-pyrrole nitrogens is 1. The van der Waals surface area contributed by atoms with Gasteiger partial charge in [-0.1, -0.05) is 32.9 Å². The van der Waals surface area contributed by atoms with Gasteiger partial charge in [0.15, 0.2) is 5.65 Å². The Kier molecular flexibility index (Phi) is 2.83. The Hall–Kier alpha value is -2.30. The normalized spacial score (nSPS) is 12.2. The molecule has 0 unspecified atom stereocenters. The highest BCUT2D eigenvalue weighted by atomic mass is 15.4. The Morgan fingerprint density at radius 1 is 1.19 bits per heavy atom. The van der Waals surface area contributed by atoms with E-state index in [-0.39, 0.29) is 5.41 Å². The number of rotatable bonds is 1. The van der Waals surface area contributed by atoms with Crippen LogP contribution in [-0.2, 0) is 5.41 Å². The van der Waals surface area contributed by atoms with Gasteiger partial charge in [0.2, 0.25) is 0 Å². The van der Waals surface area contributed by atoms with Gasteiger partial charge in [-0.15, -0.1) is 0 Å². The van der Waals surface area contributed by atoms with Gasteiger partial charge in [0.1, 0.15) is 5.82 Å². The molecule has 1 aromatic carbocycles. The third-order valence-corrected chi connectivity index (χ3v) is 3.72.